The third kappa shape index (κ3) is 4.63. The lowest BCUT2D eigenvalue weighted by Gasteiger charge is -2.15. The first-order chi connectivity index (χ1) is 14.7. The van der Waals surface area contributed by atoms with E-state index in [2.05, 4.69) is 26.3 Å². The number of benzene rings is 1. The molecule has 7 nitrogen and oxygen atoms in total. The van der Waals surface area contributed by atoms with Crippen molar-refractivity contribution in [3.8, 4) is 17.3 Å². The molecule has 2 aromatic heterocycles. The summed E-state index contributed by atoms with van der Waals surface area (Å²) in [5.74, 6) is 0.741. The van der Waals surface area contributed by atoms with Crippen LogP contribution in [0.2, 0.25) is 0 Å². The summed E-state index contributed by atoms with van der Waals surface area (Å²) in [5.41, 5.74) is 1.87. The summed E-state index contributed by atoms with van der Waals surface area (Å²) in [4.78, 5) is 27.1. The number of carbonyl (C=O) groups is 1. The lowest BCUT2D eigenvalue weighted by atomic mass is 10.1. The maximum Gasteiger partial charge on any atom is 0.222 e. The van der Waals surface area contributed by atoms with Crippen molar-refractivity contribution < 1.29 is 4.79 Å². The van der Waals surface area contributed by atoms with E-state index in [9.17, 15) is 10.1 Å². The van der Waals surface area contributed by atoms with Crippen LogP contribution < -0.4 is 5.32 Å². The van der Waals surface area contributed by atoms with E-state index in [1.807, 2.05) is 40.6 Å². The van der Waals surface area contributed by atoms with Crippen molar-refractivity contribution in [3.05, 3.63) is 58.8 Å². The number of amides is 1. The van der Waals surface area contributed by atoms with E-state index in [0.717, 1.165) is 37.2 Å². The Bertz CT molecular complexity index is 1050. The van der Waals surface area contributed by atoms with Gasteiger partial charge in [-0.3, -0.25) is 4.79 Å². The van der Waals surface area contributed by atoms with Crippen LogP contribution >= 0.6 is 11.3 Å². The SMILES string of the molecule is N#CC(c1nccc(NCCCN2CCCC2=O)n1)c1nc(-c2ccccc2)cs1. The molecule has 4 rings (SSSR count). The maximum atomic E-state index is 11.7. The zero-order valence-electron chi connectivity index (χ0n) is 16.5. The first-order valence-corrected chi connectivity index (χ1v) is 10.9. The van der Waals surface area contributed by atoms with Crippen LogP contribution in [0.5, 0.6) is 0 Å². The molecule has 1 saturated heterocycles. The molecule has 152 valence electrons. The van der Waals surface area contributed by atoms with Crippen molar-refractivity contribution in [2.24, 2.45) is 0 Å². The van der Waals surface area contributed by atoms with E-state index in [0.29, 0.717) is 29.6 Å². The molecule has 1 atom stereocenters. The Kier molecular flexibility index (Phi) is 6.30. The highest BCUT2D eigenvalue weighted by atomic mass is 32.1. The molecule has 0 radical (unpaired) electrons. The van der Waals surface area contributed by atoms with E-state index in [-0.39, 0.29) is 5.91 Å². The quantitative estimate of drug-likeness (QED) is 0.561. The molecule has 1 amide bonds. The first-order valence-electron chi connectivity index (χ1n) is 9.99. The Balaban J connectivity index is 1.40. The lowest BCUT2D eigenvalue weighted by Crippen LogP contribution is -2.27. The summed E-state index contributed by atoms with van der Waals surface area (Å²) < 4.78 is 0. The molecule has 0 spiro atoms. The Morgan fingerprint density at radius 2 is 2.10 bits per heavy atom. The number of nitriles is 1. The largest absolute Gasteiger partial charge is 0.370 e. The Labute approximate surface area is 179 Å². The molecule has 1 aromatic carbocycles. The Morgan fingerprint density at radius 1 is 1.23 bits per heavy atom. The Hall–Kier alpha value is -3.31. The molecular formula is C22H22N6OS. The highest BCUT2D eigenvalue weighted by Gasteiger charge is 2.22. The minimum atomic E-state index is -0.614. The average molecular weight is 419 g/mol. The van der Waals surface area contributed by atoms with Gasteiger partial charge in [0.15, 0.2) is 11.7 Å². The lowest BCUT2D eigenvalue weighted by molar-refractivity contribution is -0.127. The standard InChI is InChI=1S/C22H22N6OS/c23-14-17(22-26-18(15-30-22)16-6-2-1-3-7-16)21-25-11-9-19(27-21)24-10-5-13-28-12-4-8-20(28)29/h1-3,6-7,9,11,15,17H,4-5,8,10,12-13H2,(H,24,25,27). The summed E-state index contributed by atoms with van der Waals surface area (Å²) in [7, 11) is 0. The molecule has 30 heavy (non-hydrogen) atoms. The van der Waals surface area contributed by atoms with Gasteiger partial charge < -0.3 is 10.2 Å². The number of hydrogen-bond acceptors (Lipinski definition) is 7. The van der Waals surface area contributed by atoms with Gasteiger partial charge in [0, 0.05) is 43.2 Å². The van der Waals surface area contributed by atoms with E-state index >= 15 is 0 Å². The number of anilines is 1. The summed E-state index contributed by atoms with van der Waals surface area (Å²) in [6.45, 7) is 2.32. The smallest absolute Gasteiger partial charge is 0.222 e. The van der Waals surface area contributed by atoms with Gasteiger partial charge in [0.1, 0.15) is 10.8 Å². The second-order valence-corrected chi connectivity index (χ2v) is 7.95. The predicted octanol–water partition coefficient (Wildman–Crippen LogP) is 3.68. The minimum Gasteiger partial charge on any atom is -0.370 e. The van der Waals surface area contributed by atoms with Gasteiger partial charge >= 0.3 is 0 Å². The van der Waals surface area contributed by atoms with Gasteiger partial charge in [0.25, 0.3) is 0 Å². The van der Waals surface area contributed by atoms with Crippen LogP contribution in [0.4, 0.5) is 5.82 Å². The highest BCUT2D eigenvalue weighted by molar-refractivity contribution is 7.10. The van der Waals surface area contributed by atoms with Crippen molar-refractivity contribution in [2.45, 2.75) is 25.2 Å². The maximum absolute atomic E-state index is 11.7. The normalized spacial score (nSPS) is 14.5. The van der Waals surface area contributed by atoms with Gasteiger partial charge in [-0.1, -0.05) is 30.3 Å². The fraction of sp³-hybridized carbons (Fsp3) is 0.318. The monoisotopic (exact) mass is 418 g/mol. The second kappa shape index (κ2) is 9.46. The van der Waals surface area contributed by atoms with Gasteiger partial charge in [-0.15, -0.1) is 11.3 Å². The third-order valence-corrected chi connectivity index (χ3v) is 5.89. The van der Waals surface area contributed by atoms with Crippen molar-refractivity contribution in [2.75, 3.05) is 25.0 Å². The van der Waals surface area contributed by atoms with Gasteiger partial charge in [0.05, 0.1) is 11.8 Å². The van der Waals surface area contributed by atoms with Crippen LogP contribution in [0.15, 0.2) is 48.0 Å². The fourth-order valence-corrected chi connectivity index (χ4v) is 4.29. The molecule has 0 bridgehead atoms. The van der Waals surface area contributed by atoms with Crippen LogP contribution in [0.25, 0.3) is 11.3 Å². The van der Waals surface area contributed by atoms with Crippen LogP contribution in [-0.2, 0) is 4.79 Å². The van der Waals surface area contributed by atoms with Crippen LogP contribution in [0.1, 0.15) is 36.0 Å². The predicted molar refractivity (Wildman–Crippen MR) is 116 cm³/mol. The first kappa shape index (κ1) is 20.0. The second-order valence-electron chi connectivity index (χ2n) is 7.06. The molecule has 8 heteroatoms. The molecule has 1 N–H and O–H groups in total. The molecule has 1 fully saturated rings. The number of likely N-dealkylation sites (tertiary alicyclic amines) is 1. The highest BCUT2D eigenvalue weighted by Crippen LogP contribution is 2.29. The van der Waals surface area contributed by atoms with Crippen molar-refractivity contribution >= 4 is 23.1 Å². The van der Waals surface area contributed by atoms with E-state index in [4.69, 9.17) is 0 Å². The van der Waals surface area contributed by atoms with Crippen LogP contribution in [-0.4, -0.2) is 45.4 Å². The average Bonchev–Trinajstić information content (AvgIpc) is 3.42. The fourth-order valence-electron chi connectivity index (χ4n) is 3.42. The topological polar surface area (TPSA) is 94.8 Å². The van der Waals surface area contributed by atoms with E-state index in [1.54, 1.807) is 12.3 Å². The molecule has 0 saturated carbocycles. The number of nitrogens with one attached hydrogen (secondary N) is 1. The van der Waals surface area contributed by atoms with Crippen LogP contribution in [0.3, 0.4) is 0 Å². The number of carbonyl (C=O) groups excluding carboxylic acids is 1. The molecule has 1 unspecified atom stereocenters. The van der Waals surface area contributed by atoms with Gasteiger partial charge in [-0.2, -0.15) is 5.26 Å². The van der Waals surface area contributed by atoms with Gasteiger partial charge in [0.2, 0.25) is 5.91 Å². The summed E-state index contributed by atoms with van der Waals surface area (Å²) >= 11 is 1.44. The number of rotatable bonds is 8. The zero-order valence-corrected chi connectivity index (χ0v) is 17.3. The van der Waals surface area contributed by atoms with Gasteiger partial charge in [-0.25, -0.2) is 15.0 Å². The molecule has 1 aliphatic rings. The number of thiazole rings is 1. The molecule has 1 aliphatic heterocycles. The van der Waals surface area contributed by atoms with Crippen molar-refractivity contribution in [1.29, 1.82) is 5.26 Å². The summed E-state index contributed by atoms with van der Waals surface area (Å²) in [5, 5.41) is 15.6. The number of aromatic nitrogens is 3. The zero-order chi connectivity index (χ0) is 20.8. The van der Waals surface area contributed by atoms with E-state index < -0.39 is 5.92 Å². The number of nitrogens with zero attached hydrogens (tertiary/aromatic N) is 5. The minimum absolute atomic E-state index is 0.245. The van der Waals surface area contributed by atoms with Crippen LogP contribution in [0, 0.1) is 11.3 Å². The molecular weight excluding hydrogens is 396 g/mol. The van der Waals surface area contributed by atoms with Crippen molar-refractivity contribution in [1.82, 2.24) is 19.9 Å². The van der Waals surface area contributed by atoms with Crippen molar-refractivity contribution in [3.63, 3.8) is 0 Å². The Morgan fingerprint density at radius 3 is 2.87 bits per heavy atom. The molecule has 3 aromatic rings. The summed E-state index contributed by atoms with van der Waals surface area (Å²) in [6, 6.07) is 14.0. The third-order valence-electron chi connectivity index (χ3n) is 4.98. The number of hydrogen-bond donors (Lipinski definition) is 1. The van der Waals surface area contributed by atoms with Gasteiger partial charge in [-0.05, 0) is 18.9 Å². The molecule has 3 heterocycles. The summed E-state index contributed by atoms with van der Waals surface area (Å²) in [6.07, 6.45) is 4.13. The molecule has 0 aliphatic carbocycles. The van der Waals surface area contributed by atoms with E-state index in [1.165, 1.54) is 11.3 Å².